The van der Waals surface area contributed by atoms with Gasteiger partial charge in [-0.25, -0.2) is 0 Å². The van der Waals surface area contributed by atoms with E-state index in [2.05, 4.69) is 57.3 Å². The minimum Gasteiger partial charge on any atom is -0.0991 e. The van der Waals surface area contributed by atoms with Crippen molar-refractivity contribution in [3.05, 3.63) is 71.7 Å². The minimum atomic E-state index is 1.02. The van der Waals surface area contributed by atoms with Crippen LogP contribution in [0.4, 0.5) is 0 Å². The van der Waals surface area contributed by atoms with Gasteiger partial charge in [0.2, 0.25) is 0 Å². The summed E-state index contributed by atoms with van der Waals surface area (Å²) in [6, 6.07) is 8.34. The SMILES string of the molecule is C=C/C=C\C(=C)/C(C)=c1\cccc\c1=C\C. The van der Waals surface area contributed by atoms with Gasteiger partial charge in [-0.15, -0.1) is 0 Å². The van der Waals surface area contributed by atoms with Crippen LogP contribution in [0.15, 0.2) is 61.2 Å². The van der Waals surface area contributed by atoms with E-state index in [1.165, 1.54) is 16.0 Å². The van der Waals surface area contributed by atoms with Crippen LogP contribution in [0, 0.1) is 0 Å². The molecule has 0 radical (unpaired) electrons. The summed E-state index contributed by atoms with van der Waals surface area (Å²) < 4.78 is 0. The number of allylic oxidation sites excluding steroid dienone is 4. The molecule has 0 saturated heterocycles. The molecule has 1 aromatic rings. The molecule has 82 valence electrons. The Morgan fingerprint density at radius 3 is 2.56 bits per heavy atom. The zero-order chi connectivity index (χ0) is 12.0. The summed E-state index contributed by atoms with van der Waals surface area (Å²) in [6.07, 6.45) is 7.76. The van der Waals surface area contributed by atoms with E-state index >= 15 is 0 Å². The van der Waals surface area contributed by atoms with Gasteiger partial charge in [-0.2, -0.15) is 0 Å². The minimum absolute atomic E-state index is 1.02. The first-order valence-electron chi connectivity index (χ1n) is 5.41. The third kappa shape index (κ3) is 2.83. The first-order chi connectivity index (χ1) is 7.70. The predicted molar refractivity (Wildman–Crippen MR) is 73.4 cm³/mol. The average molecular weight is 210 g/mol. The van der Waals surface area contributed by atoms with Crippen LogP contribution in [0.2, 0.25) is 0 Å². The molecule has 0 heterocycles. The molecule has 0 atom stereocenters. The molecule has 0 aliphatic heterocycles. The van der Waals surface area contributed by atoms with Crippen LogP contribution in [0.3, 0.4) is 0 Å². The van der Waals surface area contributed by atoms with Crippen molar-refractivity contribution in [2.45, 2.75) is 13.8 Å². The van der Waals surface area contributed by atoms with E-state index in [0.29, 0.717) is 0 Å². The third-order valence-corrected chi connectivity index (χ3v) is 2.59. The molecule has 0 aromatic heterocycles. The van der Waals surface area contributed by atoms with Gasteiger partial charge in [0.15, 0.2) is 0 Å². The Morgan fingerprint density at radius 1 is 1.25 bits per heavy atom. The second-order valence-electron chi connectivity index (χ2n) is 3.62. The molecule has 0 aliphatic carbocycles. The fourth-order valence-electron chi connectivity index (χ4n) is 1.57. The first kappa shape index (κ1) is 12.3. The van der Waals surface area contributed by atoms with E-state index in [1.807, 2.05) is 12.2 Å². The maximum atomic E-state index is 4.06. The second kappa shape index (κ2) is 5.92. The van der Waals surface area contributed by atoms with Crippen molar-refractivity contribution in [2.75, 3.05) is 0 Å². The molecule has 1 rings (SSSR count). The molecule has 0 amide bonds. The van der Waals surface area contributed by atoms with Gasteiger partial charge in [-0.05, 0) is 35.4 Å². The van der Waals surface area contributed by atoms with Gasteiger partial charge in [-0.1, -0.05) is 61.7 Å². The quantitative estimate of drug-likeness (QED) is 0.673. The summed E-state index contributed by atoms with van der Waals surface area (Å²) >= 11 is 0. The Morgan fingerprint density at radius 2 is 1.94 bits per heavy atom. The van der Waals surface area contributed by atoms with E-state index < -0.39 is 0 Å². The van der Waals surface area contributed by atoms with Crippen molar-refractivity contribution < 1.29 is 0 Å². The van der Waals surface area contributed by atoms with Crippen molar-refractivity contribution >= 4 is 11.6 Å². The van der Waals surface area contributed by atoms with Gasteiger partial charge in [0.1, 0.15) is 0 Å². The van der Waals surface area contributed by atoms with Gasteiger partial charge < -0.3 is 0 Å². The molecule has 0 nitrogen and oxygen atoms in total. The molecule has 0 fully saturated rings. The van der Waals surface area contributed by atoms with Gasteiger partial charge >= 0.3 is 0 Å². The van der Waals surface area contributed by atoms with E-state index in [0.717, 1.165) is 5.57 Å². The van der Waals surface area contributed by atoms with Crippen molar-refractivity contribution in [1.82, 2.24) is 0 Å². The topological polar surface area (TPSA) is 0 Å². The largest absolute Gasteiger partial charge is 0.0991 e. The van der Waals surface area contributed by atoms with E-state index in [1.54, 1.807) is 6.08 Å². The number of hydrogen-bond donors (Lipinski definition) is 0. The lowest BCUT2D eigenvalue weighted by atomic mass is 10.0. The van der Waals surface area contributed by atoms with Gasteiger partial charge in [0.25, 0.3) is 0 Å². The number of benzene rings is 1. The summed E-state index contributed by atoms with van der Waals surface area (Å²) in [5.74, 6) is 0. The zero-order valence-corrected chi connectivity index (χ0v) is 10.0. The Hall–Kier alpha value is -1.82. The zero-order valence-electron chi connectivity index (χ0n) is 10.0. The highest BCUT2D eigenvalue weighted by atomic mass is 14.0. The lowest BCUT2D eigenvalue weighted by Gasteiger charge is -2.01. The van der Waals surface area contributed by atoms with Gasteiger partial charge in [0, 0.05) is 0 Å². The highest BCUT2D eigenvalue weighted by molar-refractivity contribution is 5.65. The van der Waals surface area contributed by atoms with Crippen LogP contribution < -0.4 is 10.4 Å². The molecule has 0 saturated carbocycles. The van der Waals surface area contributed by atoms with Crippen molar-refractivity contribution in [2.24, 2.45) is 0 Å². The molecule has 0 bridgehead atoms. The molecule has 0 heteroatoms. The van der Waals surface area contributed by atoms with Crippen LogP contribution in [-0.4, -0.2) is 0 Å². The maximum absolute atomic E-state index is 4.06. The van der Waals surface area contributed by atoms with Crippen LogP contribution in [0.1, 0.15) is 13.8 Å². The van der Waals surface area contributed by atoms with E-state index in [-0.39, 0.29) is 0 Å². The van der Waals surface area contributed by atoms with E-state index in [4.69, 9.17) is 0 Å². The van der Waals surface area contributed by atoms with Crippen molar-refractivity contribution in [3.63, 3.8) is 0 Å². The second-order valence-corrected chi connectivity index (χ2v) is 3.62. The third-order valence-electron chi connectivity index (χ3n) is 2.59. The van der Waals surface area contributed by atoms with Crippen LogP contribution in [-0.2, 0) is 0 Å². The normalized spacial score (nSPS) is 14.0. The fourth-order valence-corrected chi connectivity index (χ4v) is 1.57. The van der Waals surface area contributed by atoms with Gasteiger partial charge in [-0.3, -0.25) is 0 Å². The first-order valence-corrected chi connectivity index (χ1v) is 5.41. The molecule has 0 aliphatic rings. The fraction of sp³-hybridized carbons (Fsp3) is 0.125. The Balaban J connectivity index is 3.38. The lowest BCUT2D eigenvalue weighted by molar-refractivity contribution is 1.45. The Kier molecular flexibility index (Phi) is 4.53. The predicted octanol–water partition coefficient (Wildman–Crippen LogP) is 2.96. The monoisotopic (exact) mass is 210 g/mol. The highest BCUT2D eigenvalue weighted by Crippen LogP contribution is 2.06. The average Bonchev–Trinajstić information content (AvgIpc) is 2.34. The molecule has 0 spiro atoms. The summed E-state index contributed by atoms with van der Waals surface area (Å²) in [6.45, 7) is 11.9. The number of rotatable bonds is 3. The van der Waals surface area contributed by atoms with Gasteiger partial charge in [0.05, 0.1) is 0 Å². The summed E-state index contributed by atoms with van der Waals surface area (Å²) in [7, 11) is 0. The maximum Gasteiger partial charge on any atom is -0.0152 e. The summed E-state index contributed by atoms with van der Waals surface area (Å²) in [5.41, 5.74) is 2.22. The molecule has 16 heavy (non-hydrogen) atoms. The highest BCUT2D eigenvalue weighted by Gasteiger charge is 1.94. The molecule has 0 N–H and O–H groups in total. The molecule has 1 aromatic carbocycles. The summed E-state index contributed by atoms with van der Waals surface area (Å²) in [4.78, 5) is 0. The Bertz CT molecular complexity index is 527. The van der Waals surface area contributed by atoms with Crippen molar-refractivity contribution in [1.29, 1.82) is 0 Å². The molecule has 0 unspecified atom stereocenters. The summed E-state index contributed by atoms with van der Waals surface area (Å²) in [5, 5.41) is 2.48. The van der Waals surface area contributed by atoms with Crippen molar-refractivity contribution in [3.8, 4) is 0 Å². The lowest BCUT2D eigenvalue weighted by Crippen LogP contribution is -2.25. The number of hydrogen-bond acceptors (Lipinski definition) is 0. The van der Waals surface area contributed by atoms with Crippen LogP contribution in [0.25, 0.3) is 11.6 Å². The molecular weight excluding hydrogens is 192 g/mol. The van der Waals surface area contributed by atoms with Crippen LogP contribution in [0.5, 0.6) is 0 Å². The smallest absolute Gasteiger partial charge is 0.0152 e. The standard InChI is InChI=1S/C16H18/c1-5-7-10-13(3)14(4)16-12-9-8-11-15(16)6-2/h5-12H,1,3H2,2,4H3/b10-7-,15-6-,16-14+. The molecular formula is C16H18. The van der Waals surface area contributed by atoms with E-state index in [9.17, 15) is 0 Å². The van der Waals surface area contributed by atoms with Crippen LogP contribution >= 0.6 is 0 Å². The Labute approximate surface area is 97.6 Å².